The highest BCUT2D eigenvalue weighted by Gasteiger charge is 2.76. The normalized spacial score (nSPS) is 33.7. The molecule has 8 bridgehead atoms. The fraction of sp³-hybridized carbons (Fsp3) is 0.795. The van der Waals surface area contributed by atoms with Gasteiger partial charge in [-0.3, -0.25) is 0 Å². The van der Waals surface area contributed by atoms with E-state index in [1.54, 1.807) is 0 Å². The van der Waals surface area contributed by atoms with E-state index >= 15 is 0 Å². The molecule has 4 unspecified atom stereocenters. The zero-order valence-corrected chi connectivity index (χ0v) is 35.3. The molecule has 0 aromatic heterocycles. The number of halogens is 12. The van der Waals surface area contributed by atoms with E-state index in [1.165, 1.54) is 27.7 Å². The molecule has 0 aromatic carbocycles. The number of carbonyl (C=O) groups is 3. The molecule has 1 N–H and O–H groups in total. The Morgan fingerprint density at radius 2 is 0.815 bits per heavy atom. The number of carbonyl (C=O) groups excluding carboxylic acids is 3. The number of rotatable bonds is 12. The number of esters is 3. The molecule has 21 heteroatoms. The van der Waals surface area contributed by atoms with Gasteiger partial charge in [-0.1, -0.05) is 34.6 Å². The minimum absolute atomic E-state index is 0. The van der Waals surface area contributed by atoms with Crippen molar-refractivity contribution in [3.8, 4) is 0 Å². The van der Waals surface area contributed by atoms with Crippen molar-refractivity contribution in [3.63, 3.8) is 0 Å². The second-order valence-electron chi connectivity index (χ2n) is 19.2. The van der Waals surface area contributed by atoms with Crippen LogP contribution in [-0.4, -0.2) is 94.5 Å². The lowest BCUT2D eigenvalue weighted by Gasteiger charge is -2.63. The van der Waals surface area contributed by atoms with E-state index < -0.39 is 107 Å². The van der Waals surface area contributed by atoms with Crippen molar-refractivity contribution in [2.24, 2.45) is 35.5 Å². The first-order valence-electron chi connectivity index (χ1n) is 20.3. The molecule has 0 spiro atoms. The summed E-state index contributed by atoms with van der Waals surface area (Å²) in [5.74, 6) is -4.31. The molecule has 0 aliphatic heterocycles. The molecular weight excluding hydrogens is 900 g/mol. The van der Waals surface area contributed by atoms with E-state index in [0.29, 0.717) is 51.4 Å². The van der Waals surface area contributed by atoms with Crippen LogP contribution in [0.15, 0.2) is 36.5 Å². The van der Waals surface area contributed by atoms with Gasteiger partial charge in [-0.2, -0.15) is 52.7 Å². The van der Waals surface area contributed by atoms with E-state index in [4.69, 9.17) is 18.9 Å². The summed E-state index contributed by atoms with van der Waals surface area (Å²) >= 11 is 0. The zero-order chi connectivity index (χ0) is 47.9. The molecule has 8 rings (SSSR count). The van der Waals surface area contributed by atoms with Gasteiger partial charge in [0.05, 0.1) is 17.8 Å². The molecule has 8 aliphatic rings. The molecule has 0 amide bonds. The monoisotopic (exact) mass is 960 g/mol. The molecule has 8 aliphatic carbocycles. The molecule has 8 fully saturated rings. The van der Waals surface area contributed by atoms with Crippen LogP contribution >= 0.6 is 0 Å². The molecule has 8 saturated carbocycles. The van der Waals surface area contributed by atoms with Gasteiger partial charge in [-0.05, 0) is 134 Å². The van der Waals surface area contributed by atoms with Gasteiger partial charge >= 0.3 is 48.2 Å². The molecule has 4 atom stereocenters. The molecule has 0 radical (unpaired) electrons. The summed E-state index contributed by atoms with van der Waals surface area (Å²) in [5.41, 5.74) is -14.2. The van der Waals surface area contributed by atoms with Gasteiger partial charge in [-0.15, -0.1) is 0 Å². The van der Waals surface area contributed by atoms with Crippen molar-refractivity contribution in [2.45, 2.75) is 172 Å². The summed E-state index contributed by atoms with van der Waals surface area (Å²) in [6, 6.07) is 0. The highest BCUT2D eigenvalue weighted by Crippen LogP contribution is 2.64. The van der Waals surface area contributed by atoms with Crippen LogP contribution in [0.2, 0.25) is 0 Å². The summed E-state index contributed by atoms with van der Waals surface area (Å²) in [5, 5.41) is 9.43. The summed E-state index contributed by atoms with van der Waals surface area (Å²) in [6.45, 7) is 13.3. The number of aliphatic hydroxyl groups is 1. The van der Waals surface area contributed by atoms with Crippen LogP contribution in [0.25, 0.3) is 0 Å². The van der Waals surface area contributed by atoms with Gasteiger partial charge in [0, 0.05) is 16.7 Å². The molecule has 0 aromatic rings. The van der Waals surface area contributed by atoms with E-state index in [9.17, 15) is 72.2 Å². The summed E-state index contributed by atoms with van der Waals surface area (Å²) < 4.78 is 187. The lowest BCUT2D eigenvalue weighted by molar-refractivity contribution is -0.389. The topological polar surface area (TPSA) is 118 Å². The number of alkyl halides is 12. The fourth-order valence-electron chi connectivity index (χ4n) is 11.1. The van der Waals surface area contributed by atoms with Crippen molar-refractivity contribution in [2.75, 3.05) is 13.2 Å². The van der Waals surface area contributed by atoms with Crippen LogP contribution < -0.4 is 0 Å². The summed E-state index contributed by atoms with van der Waals surface area (Å²) in [7, 11) is 0. The van der Waals surface area contributed by atoms with Gasteiger partial charge in [0.2, 0.25) is 0 Å². The van der Waals surface area contributed by atoms with Gasteiger partial charge in [0.25, 0.3) is 5.60 Å². The summed E-state index contributed by atoms with van der Waals surface area (Å²) in [6.07, 6.45) is -19.3. The average Bonchev–Trinajstić information content (AvgIpc) is 3.10. The Labute approximate surface area is 370 Å². The van der Waals surface area contributed by atoms with Crippen LogP contribution in [-0.2, 0) is 38.1 Å². The van der Waals surface area contributed by atoms with Crippen LogP contribution in [0, 0.1) is 35.5 Å². The lowest BCUT2D eigenvalue weighted by Crippen LogP contribution is -2.67. The van der Waals surface area contributed by atoms with Crippen LogP contribution in [0.5, 0.6) is 0 Å². The van der Waals surface area contributed by atoms with Gasteiger partial charge in [0.15, 0.2) is 0 Å². The smallest absolute Gasteiger partial charge is 0.440 e. The van der Waals surface area contributed by atoms with Crippen molar-refractivity contribution in [1.29, 1.82) is 0 Å². The Kier molecular flexibility index (Phi) is 15.5. The number of ether oxygens (including phenoxy) is 5. The van der Waals surface area contributed by atoms with Gasteiger partial charge < -0.3 is 28.8 Å². The molecule has 65 heavy (non-hydrogen) atoms. The van der Waals surface area contributed by atoms with Crippen molar-refractivity contribution in [3.05, 3.63) is 36.5 Å². The quantitative estimate of drug-likeness (QED) is 0.0883. The zero-order valence-electron chi connectivity index (χ0n) is 35.3. The van der Waals surface area contributed by atoms with E-state index in [0.717, 1.165) is 6.92 Å². The highest BCUT2D eigenvalue weighted by atomic mass is 19.4. The minimum Gasteiger partial charge on any atom is -0.456 e. The number of hydrogen-bond acceptors (Lipinski definition) is 9. The first-order valence-corrected chi connectivity index (χ1v) is 20.3. The maximum absolute atomic E-state index is 13.8. The predicted octanol–water partition coefficient (Wildman–Crippen LogP) is 11.0. The molecular formula is C44H60F12O9. The Bertz CT molecular complexity index is 1790. The lowest BCUT2D eigenvalue weighted by atomic mass is 9.48. The number of hydrogen-bond donors (Lipinski definition) is 1. The maximum Gasteiger partial charge on any atom is 0.440 e. The maximum atomic E-state index is 13.8. The minimum atomic E-state index is -5.99. The van der Waals surface area contributed by atoms with Crippen molar-refractivity contribution in [1.82, 2.24) is 0 Å². The van der Waals surface area contributed by atoms with E-state index in [-0.39, 0.29) is 62.5 Å². The fourth-order valence-corrected chi connectivity index (χ4v) is 11.1. The first-order chi connectivity index (χ1) is 28.4. The van der Waals surface area contributed by atoms with Gasteiger partial charge in [-0.25, -0.2) is 14.4 Å². The Hall–Kier alpha value is -3.33. The third-order valence-corrected chi connectivity index (χ3v) is 14.5. The van der Waals surface area contributed by atoms with E-state index in [1.807, 2.05) is 0 Å². The molecule has 9 nitrogen and oxygen atoms in total. The third-order valence-electron chi connectivity index (χ3n) is 14.5. The average molecular weight is 961 g/mol. The largest absolute Gasteiger partial charge is 0.456 e. The molecule has 0 heterocycles. The third kappa shape index (κ3) is 10.1. The first kappa shape index (κ1) is 56.0. The molecule has 374 valence electrons. The van der Waals surface area contributed by atoms with Crippen molar-refractivity contribution >= 4 is 17.9 Å². The predicted molar refractivity (Wildman–Crippen MR) is 209 cm³/mol. The standard InChI is InChI=1S/C23H28F6O5.C19H24F6O4.2CH4/c1-12(2)17(30)33-20-8-14-6-15(9-20)19(5,16(7-14)10-20)32-11-21(22(24,25)26,23(27,28)29)34-18(31)13(3)4;1-10(2)14(26)29-16-6-11-4-12(7-16)15(3,13(5-11)8-16)28-9-17(27,18(20,21)22)19(23,24)25;;/h14-16H,1,3,6-11H2,2,4-5H3;11-13,27H,1,4-9H2,2-3H3;2*1H4. The van der Waals surface area contributed by atoms with Gasteiger partial charge in [0.1, 0.15) is 17.8 Å². The van der Waals surface area contributed by atoms with Crippen LogP contribution in [0.4, 0.5) is 52.7 Å². The Balaban J connectivity index is 0.000000339. The Morgan fingerprint density at radius 3 is 1.08 bits per heavy atom. The van der Waals surface area contributed by atoms with Crippen molar-refractivity contribution < 1.29 is 95.9 Å². The second kappa shape index (κ2) is 18.0. The van der Waals surface area contributed by atoms with E-state index in [2.05, 4.69) is 24.5 Å². The SMILES string of the molecule is C.C.C=C(C)C(=O)OC12CC3CC(C1)C(C)(OCC(O)(C(F)(F)F)C(F)(F)F)C(C3)C2.C=C(C)C(=O)OC12CC3CC(C1)C(C)(OCC(OC(=O)C(=C)C)(C(F)(F)F)C(F)(F)F)C(C3)C2. The van der Waals surface area contributed by atoms with Crippen LogP contribution in [0.3, 0.4) is 0 Å². The summed E-state index contributed by atoms with van der Waals surface area (Å²) in [4.78, 5) is 36.0. The van der Waals surface area contributed by atoms with Crippen LogP contribution in [0.1, 0.15) is 114 Å². The Morgan fingerprint density at radius 1 is 0.523 bits per heavy atom. The second-order valence-corrected chi connectivity index (χ2v) is 19.2. The molecule has 0 saturated heterocycles. The highest BCUT2D eigenvalue weighted by molar-refractivity contribution is 5.88.